The number of benzene rings is 2. The van der Waals surface area contributed by atoms with Gasteiger partial charge >= 0.3 is 13.6 Å². The third-order valence-electron chi connectivity index (χ3n) is 3.47. The number of hydrogen-bond donors (Lipinski definition) is 3. The maximum atomic E-state index is 11.1. The van der Waals surface area contributed by atoms with Crippen LogP contribution in [0.1, 0.15) is 22.8 Å². The molecule has 7 nitrogen and oxygen atoms in total. The van der Waals surface area contributed by atoms with Gasteiger partial charge in [-0.2, -0.15) is 0 Å². The maximum Gasteiger partial charge on any atom is 0.338 e. The number of amides is 1. The van der Waals surface area contributed by atoms with Crippen molar-refractivity contribution in [2.24, 2.45) is 11.7 Å². The largest absolute Gasteiger partial charge is 0.462 e. The van der Waals surface area contributed by atoms with Gasteiger partial charge in [0.1, 0.15) is 0 Å². The van der Waals surface area contributed by atoms with Crippen LogP contribution in [0.3, 0.4) is 0 Å². The second-order valence-electron chi connectivity index (χ2n) is 5.72. The van der Waals surface area contributed by atoms with Crippen molar-refractivity contribution in [3.05, 3.63) is 71.8 Å². The molecule has 0 spiro atoms. The van der Waals surface area contributed by atoms with E-state index in [1.165, 1.54) is 0 Å². The molecular weight excluding hydrogens is 369 g/mol. The van der Waals surface area contributed by atoms with E-state index in [-0.39, 0.29) is 12.4 Å². The molecule has 2 aromatic carbocycles. The molecule has 0 bridgehead atoms. The highest BCUT2D eigenvalue weighted by Gasteiger charge is 2.25. The van der Waals surface area contributed by atoms with E-state index < -0.39 is 25.6 Å². The maximum absolute atomic E-state index is 11.1. The van der Waals surface area contributed by atoms with Crippen molar-refractivity contribution in [1.82, 2.24) is 0 Å². The van der Waals surface area contributed by atoms with Gasteiger partial charge in [-0.3, -0.25) is 9.36 Å². The molecule has 4 N–H and O–H groups in total. The Bertz CT molecular complexity index is 760. The summed E-state index contributed by atoms with van der Waals surface area (Å²) in [7, 11) is -4.21. The molecule has 27 heavy (non-hydrogen) atoms. The summed E-state index contributed by atoms with van der Waals surface area (Å²) in [6.45, 7) is 2.22. The molecule has 0 aromatic heterocycles. The number of esters is 1. The smallest absolute Gasteiger partial charge is 0.338 e. The minimum Gasteiger partial charge on any atom is -0.462 e. The van der Waals surface area contributed by atoms with Crippen molar-refractivity contribution in [1.29, 1.82) is 0 Å². The fourth-order valence-electron chi connectivity index (χ4n) is 2.23. The molecule has 1 unspecified atom stereocenters. The van der Waals surface area contributed by atoms with E-state index in [2.05, 4.69) is 0 Å². The zero-order chi connectivity index (χ0) is 20.3. The average molecular weight is 393 g/mol. The Morgan fingerprint density at radius 1 is 1.04 bits per heavy atom. The van der Waals surface area contributed by atoms with E-state index in [1.807, 2.05) is 24.3 Å². The van der Waals surface area contributed by atoms with E-state index in [4.69, 9.17) is 20.3 Å². The van der Waals surface area contributed by atoms with Gasteiger partial charge in [0.25, 0.3) is 0 Å². The van der Waals surface area contributed by atoms with Gasteiger partial charge in [-0.15, -0.1) is 0 Å². The molecule has 2 aromatic rings. The Labute approximate surface area is 158 Å². The van der Waals surface area contributed by atoms with Crippen molar-refractivity contribution < 1.29 is 28.7 Å². The lowest BCUT2D eigenvalue weighted by molar-refractivity contribution is -0.121. The van der Waals surface area contributed by atoms with Gasteiger partial charge in [-0.1, -0.05) is 48.5 Å². The third kappa shape index (κ3) is 9.70. The van der Waals surface area contributed by atoms with Crippen LogP contribution in [0.25, 0.3) is 0 Å². The van der Waals surface area contributed by atoms with Crippen LogP contribution in [0.2, 0.25) is 0 Å². The molecule has 8 heteroatoms. The van der Waals surface area contributed by atoms with Crippen molar-refractivity contribution in [2.75, 3.05) is 12.8 Å². The normalized spacial score (nSPS) is 11.7. The Hall–Kier alpha value is -2.47. The minimum atomic E-state index is -4.21. The number of rotatable bonds is 7. The lowest BCUT2D eigenvalue weighted by atomic mass is 10.0. The van der Waals surface area contributed by atoms with Gasteiger partial charge in [0, 0.05) is 0 Å². The van der Waals surface area contributed by atoms with Crippen LogP contribution < -0.4 is 5.73 Å². The molecule has 0 saturated carbocycles. The van der Waals surface area contributed by atoms with Gasteiger partial charge in [0.2, 0.25) is 5.91 Å². The van der Waals surface area contributed by atoms with E-state index >= 15 is 0 Å². The fourth-order valence-corrected chi connectivity index (χ4v) is 3.11. The number of hydrogen-bond acceptors (Lipinski definition) is 4. The number of nitrogens with two attached hydrogens (primary N) is 1. The Balaban J connectivity index is 0.000000289. The Morgan fingerprint density at radius 3 is 2.00 bits per heavy atom. The zero-order valence-corrected chi connectivity index (χ0v) is 15.9. The number of carbonyl (C=O) groups is 2. The topological polar surface area (TPSA) is 127 Å². The van der Waals surface area contributed by atoms with Crippen molar-refractivity contribution in [2.45, 2.75) is 13.3 Å². The zero-order valence-electron chi connectivity index (χ0n) is 15.0. The molecular formula is C19H24NO6P. The van der Waals surface area contributed by atoms with Crippen LogP contribution in [0.15, 0.2) is 60.7 Å². The Morgan fingerprint density at radius 2 is 1.56 bits per heavy atom. The van der Waals surface area contributed by atoms with Crippen molar-refractivity contribution >= 4 is 19.5 Å². The summed E-state index contributed by atoms with van der Waals surface area (Å²) >= 11 is 0. The van der Waals surface area contributed by atoms with Crippen LogP contribution in [0.5, 0.6) is 0 Å². The van der Waals surface area contributed by atoms with Crippen LogP contribution in [0, 0.1) is 5.92 Å². The van der Waals surface area contributed by atoms with E-state index in [0.717, 1.165) is 5.56 Å². The van der Waals surface area contributed by atoms with E-state index in [1.54, 1.807) is 43.3 Å². The first-order valence-electron chi connectivity index (χ1n) is 8.33. The standard InChI is InChI=1S/C10H14NO4P.C9H10O2/c11-10(12)9(7-16(13,14)15)6-8-4-2-1-3-5-8;1-2-11-9(10)8-6-4-3-5-7-8/h1-5,9H,6-7H2,(H2,11,12)(H2,13,14,15);3-7H,2H2,1H3. The lowest BCUT2D eigenvalue weighted by Gasteiger charge is -2.13. The average Bonchev–Trinajstić information content (AvgIpc) is 2.62. The molecule has 1 atom stereocenters. The highest BCUT2D eigenvalue weighted by Crippen LogP contribution is 2.37. The molecule has 0 aliphatic heterocycles. The quantitative estimate of drug-likeness (QED) is 0.490. The van der Waals surface area contributed by atoms with Crippen LogP contribution in [-0.4, -0.2) is 34.4 Å². The molecule has 0 heterocycles. The minimum absolute atomic E-state index is 0.251. The molecule has 0 aliphatic rings. The van der Waals surface area contributed by atoms with E-state index in [9.17, 15) is 14.2 Å². The van der Waals surface area contributed by atoms with Crippen LogP contribution in [0.4, 0.5) is 0 Å². The number of carbonyl (C=O) groups excluding carboxylic acids is 2. The van der Waals surface area contributed by atoms with Gasteiger partial charge in [0.05, 0.1) is 24.3 Å². The number of ether oxygens (including phenoxy) is 1. The molecule has 0 aliphatic carbocycles. The SMILES string of the molecule is CCOC(=O)c1ccccc1.NC(=O)C(Cc1ccccc1)CP(=O)(O)O. The first-order valence-corrected chi connectivity index (χ1v) is 10.1. The summed E-state index contributed by atoms with van der Waals surface area (Å²) in [6, 6.07) is 17.9. The predicted octanol–water partition coefficient (Wildman–Crippen LogP) is 2.37. The summed E-state index contributed by atoms with van der Waals surface area (Å²) in [6.07, 6.45) is -0.251. The summed E-state index contributed by atoms with van der Waals surface area (Å²) in [5.74, 6) is -1.77. The molecule has 1 amide bonds. The van der Waals surface area contributed by atoms with Gasteiger partial charge < -0.3 is 20.3 Å². The molecule has 0 saturated heterocycles. The first kappa shape index (κ1) is 22.6. The monoisotopic (exact) mass is 393 g/mol. The molecule has 0 radical (unpaired) electrons. The first-order chi connectivity index (χ1) is 12.7. The van der Waals surface area contributed by atoms with Gasteiger partial charge in [0.15, 0.2) is 0 Å². The highest BCUT2D eigenvalue weighted by molar-refractivity contribution is 7.51. The second-order valence-corrected chi connectivity index (χ2v) is 7.42. The predicted molar refractivity (Wildman–Crippen MR) is 102 cm³/mol. The van der Waals surface area contributed by atoms with Crippen LogP contribution in [-0.2, 0) is 20.5 Å². The number of primary amides is 1. The lowest BCUT2D eigenvalue weighted by Crippen LogP contribution is -2.28. The van der Waals surface area contributed by atoms with E-state index in [0.29, 0.717) is 12.2 Å². The summed E-state index contributed by atoms with van der Waals surface area (Å²) in [5, 5.41) is 0. The second kappa shape index (κ2) is 11.3. The Kier molecular flexibility index (Phi) is 9.44. The van der Waals surface area contributed by atoms with Crippen molar-refractivity contribution in [3.8, 4) is 0 Å². The van der Waals surface area contributed by atoms with Gasteiger partial charge in [-0.25, -0.2) is 4.79 Å². The highest BCUT2D eigenvalue weighted by atomic mass is 31.2. The molecule has 2 rings (SSSR count). The summed E-state index contributed by atoms with van der Waals surface area (Å²) in [4.78, 5) is 39.7. The van der Waals surface area contributed by atoms with Gasteiger partial charge in [-0.05, 0) is 31.0 Å². The summed E-state index contributed by atoms with van der Waals surface area (Å²) < 4.78 is 15.6. The third-order valence-corrected chi connectivity index (χ3v) is 4.39. The van der Waals surface area contributed by atoms with Crippen LogP contribution >= 0.6 is 7.60 Å². The van der Waals surface area contributed by atoms with Crippen molar-refractivity contribution in [3.63, 3.8) is 0 Å². The molecule has 0 fully saturated rings. The fraction of sp³-hybridized carbons (Fsp3) is 0.263. The molecule has 146 valence electrons. The summed E-state index contributed by atoms with van der Waals surface area (Å²) in [5.41, 5.74) is 6.55.